The minimum absolute atomic E-state index is 0.205. The van der Waals surface area contributed by atoms with E-state index >= 15 is 0 Å². The number of amides is 2. The number of rotatable bonds is 6. The Labute approximate surface area is 128 Å². The Hall–Kier alpha value is -1.59. The van der Waals surface area contributed by atoms with Crippen molar-refractivity contribution in [3.05, 3.63) is 34.9 Å². The Morgan fingerprint density at radius 1 is 1.24 bits per heavy atom. The zero-order chi connectivity index (χ0) is 15.2. The van der Waals surface area contributed by atoms with E-state index < -0.39 is 11.8 Å². The van der Waals surface area contributed by atoms with Gasteiger partial charge in [-0.1, -0.05) is 29.8 Å². The molecule has 0 heterocycles. The first-order chi connectivity index (χ1) is 10.1. The van der Waals surface area contributed by atoms with Gasteiger partial charge in [0.25, 0.3) is 0 Å². The lowest BCUT2D eigenvalue weighted by Crippen LogP contribution is -2.40. The van der Waals surface area contributed by atoms with Crippen molar-refractivity contribution >= 4 is 23.4 Å². The van der Waals surface area contributed by atoms with Crippen LogP contribution in [0.2, 0.25) is 5.02 Å². The topological polar surface area (TPSA) is 78.4 Å². The maximum Gasteiger partial charge on any atom is 0.309 e. The molecule has 6 heteroatoms. The molecule has 3 N–H and O–H groups in total. The number of aliphatic hydroxyl groups excluding tert-OH is 1. The van der Waals surface area contributed by atoms with Crippen LogP contribution in [0.15, 0.2) is 24.3 Å². The van der Waals surface area contributed by atoms with Crippen LogP contribution in [0.5, 0.6) is 0 Å². The molecule has 114 valence electrons. The molecule has 0 aliphatic heterocycles. The average molecular weight is 311 g/mol. The quantitative estimate of drug-likeness (QED) is 0.692. The molecule has 1 saturated carbocycles. The summed E-state index contributed by atoms with van der Waals surface area (Å²) in [5, 5.41) is 15.2. The molecule has 2 rings (SSSR count). The van der Waals surface area contributed by atoms with Crippen molar-refractivity contribution in [2.24, 2.45) is 5.92 Å². The smallest absolute Gasteiger partial charge is 0.309 e. The number of hydrogen-bond donors (Lipinski definition) is 3. The lowest BCUT2D eigenvalue weighted by molar-refractivity contribution is -0.139. The van der Waals surface area contributed by atoms with Crippen LogP contribution < -0.4 is 10.6 Å². The van der Waals surface area contributed by atoms with E-state index in [4.69, 9.17) is 11.6 Å². The van der Waals surface area contributed by atoms with Crippen molar-refractivity contribution in [1.82, 2.24) is 10.6 Å². The molecule has 5 nitrogen and oxygen atoms in total. The second kappa shape index (κ2) is 7.43. The molecule has 1 aromatic rings. The zero-order valence-corrected chi connectivity index (χ0v) is 12.4. The van der Waals surface area contributed by atoms with Gasteiger partial charge in [-0.05, 0) is 36.8 Å². The molecule has 0 aromatic heterocycles. The summed E-state index contributed by atoms with van der Waals surface area (Å²) >= 11 is 5.96. The Morgan fingerprint density at radius 3 is 2.57 bits per heavy atom. The third-order valence-corrected chi connectivity index (χ3v) is 3.86. The van der Waals surface area contributed by atoms with E-state index in [0.717, 1.165) is 18.4 Å². The Bertz CT molecular complexity index is 517. The van der Waals surface area contributed by atoms with E-state index in [-0.39, 0.29) is 12.6 Å². The molecular weight excluding hydrogens is 292 g/mol. The fourth-order valence-corrected chi connectivity index (χ4v) is 2.23. The SMILES string of the molecule is O=C(NCCC(O)C1CC1)C(=O)NCc1ccccc1Cl. The largest absolute Gasteiger partial charge is 0.393 e. The number of carbonyl (C=O) groups excluding carboxylic acids is 2. The molecule has 1 aliphatic carbocycles. The fourth-order valence-electron chi connectivity index (χ4n) is 2.03. The van der Waals surface area contributed by atoms with Crippen LogP contribution >= 0.6 is 11.6 Å². The van der Waals surface area contributed by atoms with E-state index in [1.54, 1.807) is 18.2 Å². The number of halogens is 1. The number of benzene rings is 1. The minimum Gasteiger partial charge on any atom is -0.393 e. The van der Waals surface area contributed by atoms with E-state index in [2.05, 4.69) is 10.6 Å². The summed E-state index contributed by atoms with van der Waals surface area (Å²) in [6.07, 6.45) is 2.20. The molecule has 1 aliphatic rings. The summed E-state index contributed by atoms with van der Waals surface area (Å²) < 4.78 is 0. The van der Waals surface area contributed by atoms with E-state index in [1.165, 1.54) is 0 Å². The number of nitrogens with one attached hydrogen (secondary N) is 2. The van der Waals surface area contributed by atoms with Gasteiger partial charge in [-0.2, -0.15) is 0 Å². The van der Waals surface area contributed by atoms with Crippen LogP contribution in [0.3, 0.4) is 0 Å². The molecule has 21 heavy (non-hydrogen) atoms. The summed E-state index contributed by atoms with van der Waals surface area (Å²) in [5.41, 5.74) is 0.754. The first kappa shape index (κ1) is 15.8. The molecule has 1 fully saturated rings. The van der Waals surface area contributed by atoms with Gasteiger partial charge in [0, 0.05) is 18.1 Å². The monoisotopic (exact) mass is 310 g/mol. The second-order valence-electron chi connectivity index (χ2n) is 5.22. The predicted octanol–water partition coefficient (Wildman–Crippen LogP) is 1.23. The summed E-state index contributed by atoms with van der Waals surface area (Å²) in [7, 11) is 0. The second-order valence-corrected chi connectivity index (χ2v) is 5.63. The van der Waals surface area contributed by atoms with Crippen molar-refractivity contribution < 1.29 is 14.7 Å². The minimum atomic E-state index is -0.698. The number of aliphatic hydroxyl groups is 1. The van der Waals surface area contributed by atoms with Gasteiger partial charge in [0.15, 0.2) is 0 Å². The van der Waals surface area contributed by atoms with E-state index in [0.29, 0.717) is 23.9 Å². The number of carbonyl (C=O) groups is 2. The third kappa shape index (κ3) is 5.02. The van der Waals surface area contributed by atoms with Crippen LogP contribution in [-0.2, 0) is 16.1 Å². The molecule has 1 aromatic carbocycles. The van der Waals surface area contributed by atoms with Gasteiger partial charge < -0.3 is 15.7 Å². The normalized spacial score (nSPS) is 15.3. The predicted molar refractivity (Wildman–Crippen MR) is 79.7 cm³/mol. The van der Waals surface area contributed by atoms with Crippen LogP contribution in [0.25, 0.3) is 0 Å². The van der Waals surface area contributed by atoms with Gasteiger partial charge in [-0.3, -0.25) is 9.59 Å². The van der Waals surface area contributed by atoms with Crippen LogP contribution in [0, 0.1) is 5.92 Å². The highest BCUT2D eigenvalue weighted by Crippen LogP contribution is 2.33. The molecule has 1 atom stereocenters. The van der Waals surface area contributed by atoms with Gasteiger partial charge in [0.05, 0.1) is 6.10 Å². The van der Waals surface area contributed by atoms with E-state index in [9.17, 15) is 14.7 Å². The van der Waals surface area contributed by atoms with Crippen LogP contribution in [0.1, 0.15) is 24.8 Å². The fraction of sp³-hybridized carbons (Fsp3) is 0.467. The molecule has 2 amide bonds. The highest BCUT2D eigenvalue weighted by atomic mass is 35.5. The summed E-state index contributed by atoms with van der Waals surface area (Å²) in [6.45, 7) is 0.507. The molecule has 0 bridgehead atoms. The first-order valence-corrected chi connectivity index (χ1v) is 7.43. The first-order valence-electron chi connectivity index (χ1n) is 7.05. The molecule has 1 unspecified atom stereocenters. The lowest BCUT2D eigenvalue weighted by Gasteiger charge is -2.10. The van der Waals surface area contributed by atoms with Crippen molar-refractivity contribution in [2.75, 3.05) is 6.54 Å². The third-order valence-electron chi connectivity index (χ3n) is 3.50. The number of hydrogen-bond acceptors (Lipinski definition) is 3. The summed E-state index contributed by atoms with van der Waals surface area (Å²) in [5.74, 6) is -1.02. The van der Waals surface area contributed by atoms with Crippen molar-refractivity contribution in [2.45, 2.75) is 31.9 Å². The maximum absolute atomic E-state index is 11.6. The highest BCUT2D eigenvalue weighted by Gasteiger charge is 2.29. The Morgan fingerprint density at radius 2 is 1.90 bits per heavy atom. The zero-order valence-electron chi connectivity index (χ0n) is 11.6. The highest BCUT2D eigenvalue weighted by molar-refractivity contribution is 6.35. The molecule has 0 spiro atoms. The van der Waals surface area contributed by atoms with Crippen molar-refractivity contribution in [3.63, 3.8) is 0 Å². The summed E-state index contributed by atoms with van der Waals surface area (Å²) in [6, 6.07) is 7.12. The average Bonchev–Trinajstić information content (AvgIpc) is 3.30. The standard InChI is InChI=1S/C15H19ClN2O3/c16-12-4-2-1-3-11(12)9-18-15(21)14(20)17-8-7-13(19)10-5-6-10/h1-4,10,13,19H,5-9H2,(H,17,20)(H,18,21). The molecule has 0 radical (unpaired) electrons. The van der Waals surface area contributed by atoms with Gasteiger partial charge in [0.2, 0.25) is 0 Å². The Kier molecular flexibility index (Phi) is 5.59. The summed E-state index contributed by atoms with van der Waals surface area (Å²) in [4.78, 5) is 23.2. The van der Waals surface area contributed by atoms with Gasteiger partial charge in [-0.25, -0.2) is 0 Å². The maximum atomic E-state index is 11.6. The molecular formula is C15H19ClN2O3. The van der Waals surface area contributed by atoms with Crippen LogP contribution in [-0.4, -0.2) is 29.6 Å². The lowest BCUT2D eigenvalue weighted by atomic mass is 10.1. The van der Waals surface area contributed by atoms with Gasteiger partial charge >= 0.3 is 11.8 Å². The van der Waals surface area contributed by atoms with Gasteiger partial charge in [-0.15, -0.1) is 0 Å². The Balaban J connectivity index is 1.67. The van der Waals surface area contributed by atoms with Crippen molar-refractivity contribution in [3.8, 4) is 0 Å². The van der Waals surface area contributed by atoms with Crippen molar-refractivity contribution in [1.29, 1.82) is 0 Å². The molecule has 0 saturated heterocycles. The van der Waals surface area contributed by atoms with E-state index in [1.807, 2.05) is 6.07 Å². The van der Waals surface area contributed by atoms with Gasteiger partial charge in [0.1, 0.15) is 0 Å². The van der Waals surface area contributed by atoms with Crippen LogP contribution in [0.4, 0.5) is 0 Å².